The molecule has 5 fully saturated rings. The summed E-state index contributed by atoms with van der Waals surface area (Å²) in [6, 6.07) is 0. The van der Waals surface area contributed by atoms with Crippen LogP contribution in [0.4, 0.5) is 0 Å². The van der Waals surface area contributed by atoms with Crippen molar-refractivity contribution in [1.82, 2.24) is 0 Å². The minimum Gasteiger partial charge on any atom is -0.462 e. The fourth-order valence-corrected chi connectivity index (χ4v) is 13.0. The summed E-state index contributed by atoms with van der Waals surface area (Å²) in [6.45, 7) is 27.3. The van der Waals surface area contributed by atoms with Crippen molar-refractivity contribution in [3.05, 3.63) is 24.8 Å². The van der Waals surface area contributed by atoms with E-state index >= 15 is 0 Å². The molecular weight excluding hydrogens is 560 g/mol. The summed E-state index contributed by atoms with van der Waals surface area (Å²) in [6.07, 6.45) is 13.5. The smallest absolute Gasteiger partial charge is 0.306 e. The lowest BCUT2D eigenvalue weighted by atomic mass is 9.32. The highest BCUT2D eigenvalue weighted by atomic mass is 16.5. The van der Waals surface area contributed by atoms with Crippen molar-refractivity contribution in [3.63, 3.8) is 0 Å². The van der Waals surface area contributed by atoms with Gasteiger partial charge in [0.2, 0.25) is 0 Å². The first-order valence-electron chi connectivity index (χ1n) is 18.1. The number of allylic oxidation sites excluding steroid dienone is 1. The Morgan fingerprint density at radius 3 is 2.20 bits per heavy atom. The number of carbonyl (C=O) groups excluding carboxylic acids is 2. The number of fused-ring (bicyclic) bond motifs is 7. The van der Waals surface area contributed by atoms with E-state index in [0.29, 0.717) is 36.2 Å². The van der Waals surface area contributed by atoms with Crippen molar-refractivity contribution < 1.29 is 24.2 Å². The molecule has 45 heavy (non-hydrogen) atoms. The topological polar surface area (TPSA) is 72.8 Å². The molecule has 0 bridgehead atoms. The number of hydrogen-bond donors (Lipinski definition) is 1. The van der Waals surface area contributed by atoms with E-state index < -0.39 is 5.41 Å². The normalized spacial score (nSPS) is 43.6. The highest BCUT2D eigenvalue weighted by Gasteiger charge is 2.71. The zero-order valence-corrected chi connectivity index (χ0v) is 29.9. The third kappa shape index (κ3) is 5.47. The maximum atomic E-state index is 13.3. The zero-order valence-electron chi connectivity index (χ0n) is 29.9. The van der Waals surface area contributed by atoms with Gasteiger partial charge < -0.3 is 14.6 Å². The lowest BCUT2D eigenvalue weighted by molar-refractivity contribution is -0.251. The van der Waals surface area contributed by atoms with E-state index in [4.69, 9.17) is 9.47 Å². The highest BCUT2D eigenvalue weighted by Crippen LogP contribution is 2.77. The SMILES string of the molecule is C=CCOC(=O)CC(C)(C)CC(=O)O[C@H]1CC[C@@]2(C)C(CC[C@]3(C)C2CC[C@@H]2C4[C@H](C(=C)C)CCC4(CO)CC[C@]23C)C1(C)C. The van der Waals surface area contributed by atoms with Crippen LogP contribution >= 0.6 is 0 Å². The molecule has 5 saturated carbocycles. The molecule has 0 heterocycles. The average Bonchev–Trinajstić information content (AvgIpc) is 3.34. The minimum atomic E-state index is -0.528. The van der Waals surface area contributed by atoms with Crippen molar-refractivity contribution in [3.8, 4) is 0 Å². The molecule has 5 aliphatic rings. The summed E-state index contributed by atoms with van der Waals surface area (Å²) < 4.78 is 11.5. The van der Waals surface area contributed by atoms with Crippen molar-refractivity contribution in [2.45, 2.75) is 139 Å². The van der Waals surface area contributed by atoms with E-state index in [1.165, 1.54) is 44.1 Å². The standard InChI is InChI=1S/C40H64O5/c1-11-22-44-32(42)23-35(4,5)24-33(43)45-31-16-17-37(8)29(36(31,6)7)15-18-39(10)30(37)13-12-28-34-27(26(2)3)14-19-40(34,25-41)21-20-38(28,39)9/h11,27-31,34,41H,1-2,12-25H2,3-10H3/t27-,28+,29?,30?,31-,34?,37-,38+,39+,40?/m0/s1. The minimum absolute atomic E-state index is 0.0858. The van der Waals surface area contributed by atoms with Crippen LogP contribution in [0.25, 0.3) is 0 Å². The monoisotopic (exact) mass is 624 g/mol. The molecule has 0 saturated heterocycles. The Balaban J connectivity index is 1.33. The Morgan fingerprint density at radius 1 is 0.867 bits per heavy atom. The van der Waals surface area contributed by atoms with Crippen LogP contribution in [0.5, 0.6) is 0 Å². The third-order valence-corrected chi connectivity index (χ3v) is 15.4. The first-order chi connectivity index (χ1) is 20.9. The van der Waals surface area contributed by atoms with Crippen molar-refractivity contribution in [2.24, 2.45) is 62.1 Å². The van der Waals surface area contributed by atoms with Gasteiger partial charge in [-0.15, -0.1) is 0 Å². The second-order valence-electron chi connectivity index (χ2n) is 18.5. The predicted octanol–water partition coefficient (Wildman–Crippen LogP) is 9.08. The summed E-state index contributed by atoms with van der Waals surface area (Å²) in [5, 5.41) is 10.8. The number of aliphatic hydroxyl groups is 1. The van der Waals surface area contributed by atoms with E-state index in [1.54, 1.807) is 6.08 Å². The van der Waals surface area contributed by atoms with Gasteiger partial charge in [0.05, 0.1) is 12.8 Å². The van der Waals surface area contributed by atoms with Crippen LogP contribution in [0.3, 0.4) is 0 Å². The molecule has 0 radical (unpaired) electrons. The number of aliphatic hydroxyl groups excluding tert-OH is 1. The van der Waals surface area contributed by atoms with Gasteiger partial charge in [-0.05, 0) is 128 Å². The largest absolute Gasteiger partial charge is 0.462 e. The van der Waals surface area contributed by atoms with E-state index in [1.807, 2.05) is 13.8 Å². The molecule has 254 valence electrons. The lowest BCUT2D eigenvalue weighted by Crippen LogP contribution is -2.67. The van der Waals surface area contributed by atoms with E-state index in [9.17, 15) is 14.7 Å². The Hall–Kier alpha value is -1.62. The molecule has 5 nitrogen and oxygen atoms in total. The van der Waals surface area contributed by atoms with E-state index in [0.717, 1.165) is 25.7 Å². The van der Waals surface area contributed by atoms with Crippen LogP contribution in [-0.2, 0) is 19.1 Å². The van der Waals surface area contributed by atoms with Gasteiger partial charge in [0, 0.05) is 12.0 Å². The number of carbonyl (C=O) groups is 2. The van der Waals surface area contributed by atoms with Crippen LogP contribution in [0.2, 0.25) is 0 Å². The Bertz CT molecular complexity index is 1190. The second kappa shape index (κ2) is 11.8. The summed E-state index contributed by atoms with van der Waals surface area (Å²) >= 11 is 0. The van der Waals surface area contributed by atoms with Gasteiger partial charge in [-0.2, -0.15) is 0 Å². The van der Waals surface area contributed by atoms with Crippen molar-refractivity contribution >= 4 is 11.9 Å². The maximum Gasteiger partial charge on any atom is 0.306 e. The molecule has 1 N–H and O–H groups in total. The van der Waals surface area contributed by atoms with Gasteiger partial charge in [-0.25, -0.2) is 0 Å². The molecule has 10 atom stereocenters. The number of esters is 2. The maximum absolute atomic E-state index is 13.3. The molecule has 0 aromatic carbocycles. The van der Waals surface area contributed by atoms with Gasteiger partial charge in [0.25, 0.3) is 0 Å². The molecule has 0 spiro atoms. The van der Waals surface area contributed by atoms with Gasteiger partial charge in [0.1, 0.15) is 12.7 Å². The summed E-state index contributed by atoms with van der Waals surface area (Å²) in [5.74, 6) is 2.37. The van der Waals surface area contributed by atoms with Gasteiger partial charge in [0.15, 0.2) is 0 Å². The van der Waals surface area contributed by atoms with Gasteiger partial charge in [-0.3, -0.25) is 9.59 Å². The molecule has 4 unspecified atom stereocenters. The molecule has 5 heteroatoms. The first kappa shape index (κ1) is 34.7. The van der Waals surface area contributed by atoms with Crippen LogP contribution in [0, 0.1) is 62.1 Å². The van der Waals surface area contributed by atoms with Crippen LogP contribution in [0.1, 0.15) is 132 Å². The Kier molecular flexibility index (Phi) is 9.11. The molecule has 5 aliphatic carbocycles. The van der Waals surface area contributed by atoms with Crippen molar-refractivity contribution in [1.29, 1.82) is 0 Å². The van der Waals surface area contributed by atoms with E-state index in [2.05, 4.69) is 54.7 Å². The van der Waals surface area contributed by atoms with Crippen LogP contribution in [0.15, 0.2) is 24.8 Å². The molecular formula is C40H64O5. The van der Waals surface area contributed by atoms with Gasteiger partial charge >= 0.3 is 11.9 Å². The predicted molar refractivity (Wildman–Crippen MR) is 180 cm³/mol. The fraction of sp³-hybridized carbons (Fsp3) is 0.850. The molecule has 0 aliphatic heterocycles. The second-order valence-corrected chi connectivity index (χ2v) is 18.5. The number of rotatable bonds is 9. The average molecular weight is 625 g/mol. The summed E-state index contributed by atoms with van der Waals surface area (Å²) in [5.41, 5.74) is 1.49. The van der Waals surface area contributed by atoms with Crippen LogP contribution < -0.4 is 0 Å². The lowest BCUT2D eigenvalue weighted by Gasteiger charge is -2.73. The Morgan fingerprint density at radius 2 is 1.56 bits per heavy atom. The Labute approximate surface area is 274 Å². The first-order valence-corrected chi connectivity index (χ1v) is 18.1. The fourth-order valence-electron chi connectivity index (χ4n) is 13.0. The van der Waals surface area contributed by atoms with Crippen molar-refractivity contribution in [2.75, 3.05) is 13.2 Å². The number of ether oxygens (including phenoxy) is 2. The third-order valence-electron chi connectivity index (χ3n) is 15.4. The number of hydrogen-bond acceptors (Lipinski definition) is 5. The molecule has 0 amide bonds. The summed E-state index contributed by atoms with van der Waals surface area (Å²) in [7, 11) is 0. The van der Waals surface area contributed by atoms with E-state index in [-0.39, 0.29) is 64.6 Å². The quantitative estimate of drug-likeness (QED) is 0.205. The van der Waals surface area contributed by atoms with Crippen LogP contribution in [-0.4, -0.2) is 36.4 Å². The zero-order chi connectivity index (χ0) is 33.2. The molecule has 0 aromatic rings. The molecule has 5 rings (SSSR count). The van der Waals surface area contributed by atoms with Gasteiger partial charge in [-0.1, -0.05) is 73.3 Å². The highest BCUT2D eigenvalue weighted by molar-refractivity contribution is 5.74. The summed E-state index contributed by atoms with van der Waals surface area (Å²) in [4.78, 5) is 25.6. The molecule has 0 aromatic heterocycles.